The van der Waals surface area contributed by atoms with Crippen molar-refractivity contribution in [3.8, 4) is 0 Å². The molecule has 1 fully saturated rings. The summed E-state index contributed by atoms with van der Waals surface area (Å²) >= 11 is 1.15. The van der Waals surface area contributed by atoms with E-state index < -0.39 is 5.91 Å². The molecule has 0 saturated carbocycles. The van der Waals surface area contributed by atoms with Crippen molar-refractivity contribution in [1.82, 2.24) is 0 Å². The Labute approximate surface area is 149 Å². The molecule has 1 aromatic heterocycles. The molecule has 130 valence electrons. The Balaban J connectivity index is 1.90. The highest BCUT2D eigenvalue weighted by molar-refractivity contribution is 7.16. The Hall–Kier alpha value is -2.67. The second-order valence-electron chi connectivity index (χ2n) is 5.96. The Morgan fingerprint density at radius 3 is 2.36 bits per heavy atom. The number of ketones is 1. The van der Waals surface area contributed by atoms with E-state index in [-0.39, 0.29) is 11.7 Å². The summed E-state index contributed by atoms with van der Waals surface area (Å²) in [6, 6.07) is 8.36. The number of anilines is 2. The van der Waals surface area contributed by atoms with Gasteiger partial charge in [-0.2, -0.15) is 0 Å². The van der Waals surface area contributed by atoms with Crippen LogP contribution in [0.4, 0.5) is 11.4 Å². The molecular formula is C18H19N3O3S. The van der Waals surface area contributed by atoms with Crippen molar-refractivity contribution in [2.45, 2.75) is 19.8 Å². The summed E-state index contributed by atoms with van der Waals surface area (Å²) in [5, 5.41) is 2.86. The zero-order valence-corrected chi connectivity index (χ0v) is 14.7. The highest BCUT2D eigenvalue weighted by Crippen LogP contribution is 2.31. The Bertz CT molecular complexity index is 838. The quantitative estimate of drug-likeness (QED) is 0.805. The molecule has 0 spiro atoms. The number of benzene rings is 1. The van der Waals surface area contributed by atoms with Crippen LogP contribution in [-0.2, 0) is 0 Å². The van der Waals surface area contributed by atoms with Crippen LogP contribution in [0.2, 0.25) is 0 Å². The summed E-state index contributed by atoms with van der Waals surface area (Å²) in [4.78, 5) is 38.6. The van der Waals surface area contributed by atoms with E-state index in [2.05, 4.69) is 10.2 Å². The molecule has 2 amide bonds. The molecule has 0 aliphatic carbocycles. The summed E-state index contributed by atoms with van der Waals surface area (Å²) in [6.45, 7) is 3.29. The lowest BCUT2D eigenvalue weighted by Gasteiger charge is -2.22. The van der Waals surface area contributed by atoms with E-state index in [0.717, 1.165) is 43.0 Å². The lowest BCUT2D eigenvalue weighted by atomic mass is 10.1. The van der Waals surface area contributed by atoms with Gasteiger partial charge in [0.2, 0.25) is 5.91 Å². The number of nitrogens with one attached hydrogen (secondary N) is 1. The van der Waals surface area contributed by atoms with Gasteiger partial charge in [0.05, 0.1) is 21.1 Å². The largest absolute Gasteiger partial charge is 0.370 e. The van der Waals surface area contributed by atoms with Crippen molar-refractivity contribution in [1.29, 1.82) is 0 Å². The van der Waals surface area contributed by atoms with Crippen molar-refractivity contribution < 1.29 is 14.4 Å². The Morgan fingerprint density at radius 1 is 1.08 bits per heavy atom. The number of carbonyl (C=O) groups is 3. The molecule has 7 heteroatoms. The average Bonchev–Trinajstić information content (AvgIpc) is 3.26. The first-order chi connectivity index (χ1) is 12.0. The molecule has 2 heterocycles. The number of Topliss-reactive ketones (excluding diaryl/α,β-unsaturated/α-hetero) is 1. The van der Waals surface area contributed by atoms with Gasteiger partial charge in [0, 0.05) is 18.7 Å². The fourth-order valence-electron chi connectivity index (χ4n) is 2.86. The van der Waals surface area contributed by atoms with Gasteiger partial charge in [0.25, 0.3) is 5.91 Å². The number of rotatable bonds is 5. The van der Waals surface area contributed by atoms with E-state index in [4.69, 9.17) is 5.73 Å². The number of hydrogen-bond donors (Lipinski definition) is 2. The van der Waals surface area contributed by atoms with Crippen LogP contribution in [0, 0.1) is 0 Å². The third kappa shape index (κ3) is 3.71. The minimum Gasteiger partial charge on any atom is -0.370 e. The number of amides is 2. The summed E-state index contributed by atoms with van der Waals surface area (Å²) in [6.07, 6.45) is 2.19. The minimum atomic E-state index is -0.543. The predicted octanol–water partition coefficient (Wildman–Crippen LogP) is 2.90. The number of primary amides is 1. The fourth-order valence-corrected chi connectivity index (χ4v) is 3.65. The van der Waals surface area contributed by atoms with E-state index in [0.29, 0.717) is 21.0 Å². The van der Waals surface area contributed by atoms with Crippen LogP contribution >= 0.6 is 11.3 Å². The van der Waals surface area contributed by atoms with Crippen molar-refractivity contribution >= 4 is 40.3 Å². The first kappa shape index (κ1) is 17.2. The molecule has 1 aliphatic heterocycles. The van der Waals surface area contributed by atoms with Crippen LogP contribution in [0.3, 0.4) is 0 Å². The molecule has 2 aromatic rings. The first-order valence-corrected chi connectivity index (χ1v) is 8.88. The third-order valence-electron chi connectivity index (χ3n) is 4.15. The maximum atomic E-state index is 12.6. The molecule has 3 rings (SSSR count). The third-order valence-corrected chi connectivity index (χ3v) is 5.34. The minimum absolute atomic E-state index is 0.0717. The second-order valence-corrected chi connectivity index (χ2v) is 7.05. The predicted molar refractivity (Wildman–Crippen MR) is 98.7 cm³/mol. The van der Waals surface area contributed by atoms with Crippen LogP contribution in [0.1, 0.15) is 49.5 Å². The standard InChI is InChI=1S/C18H19N3O3S/c1-11(22)15-6-7-16(25-15)18(24)20-13-10-12(17(19)23)4-5-14(13)21-8-2-3-9-21/h4-7,10H,2-3,8-9H2,1H3,(H2,19,23)(H,20,24). The van der Waals surface area contributed by atoms with E-state index in [9.17, 15) is 14.4 Å². The second kappa shape index (κ2) is 7.06. The average molecular weight is 357 g/mol. The zero-order chi connectivity index (χ0) is 18.0. The summed E-state index contributed by atoms with van der Waals surface area (Å²) in [5.74, 6) is -0.921. The van der Waals surface area contributed by atoms with Crippen LogP contribution in [0.5, 0.6) is 0 Å². The molecule has 6 nitrogen and oxygen atoms in total. The van der Waals surface area contributed by atoms with Gasteiger partial charge < -0.3 is 16.0 Å². The summed E-state index contributed by atoms with van der Waals surface area (Å²) in [7, 11) is 0. The van der Waals surface area contributed by atoms with Crippen LogP contribution in [0.15, 0.2) is 30.3 Å². The van der Waals surface area contributed by atoms with E-state index >= 15 is 0 Å². The molecule has 25 heavy (non-hydrogen) atoms. The first-order valence-electron chi connectivity index (χ1n) is 8.06. The zero-order valence-electron chi connectivity index (χ0n) is 13.9. The van der Waals surface area contributed by atoms with Crippen molar-refractivity contribution in [3.05, 3.63) is 45.6 Å². The molecule has 1 aromatic carbocycles. The van der Waals surface area contributed by atoms with Gasteiger partial charge in [-0.25, -0.2) is 0 Å². The van der Waals surface area contributed by atoms with Gasteiger partial charge in [0.1, 0.15) is 0 Å². The smallest absolute Gasteiger partial charge is 0.265 e. The number of nitrogens with zero attached hydrogens (tertiary/aromatic N) is 1. The molecule has 0 unspecified atom stereocenters. The van der Waals surface area contributed by atoms with Crippen LogP contribution < -0.4 is 16.0 Å². The maximum absolute atomic E-state index is 12.6. The molecule has 0 bridgehead atoms. The lowest BCUT2D eigenvalue weighted by molar-refractivity contribution is 0.0995. The van der Waals surface area contributed by atoms with E-state index in [1.165, 1.54) is 6.92 Å². The number of hydrogen-bond acceptors (Lipinski definition) is 5. The Morgan fingerprint density at radius 2 is 1.76 bits per heavy atom. The maximum Gasteiger partial charge on any atom is 0.265 e. The topological polar surface area (TPSA) is 92.5 Å². The van der Waals surface area contributed by atoms with Gasteiger partial charge in [0.15, 0.2) is 5.78 Å². The van der Waals surface area contributed by atoms with Crippen molar-refractivity contribution in [3.63, 3.8) is 0 Å². The number of nitrogens with two attached hydrogens (primary N) is 1. The number of thiophene rings is 1. The summed E-state index contributed by atoms with van der Waals surface area (Å²) in [5.41, 5.74) is 7.14. The van der Waals surface area contributed by atoms with Gasteiger partial charge >= 0.3 is 0 Å². The van der Waals surface area contributed by atoms with Gasteiger partial charge in [-0.3, -0.25) is 14.4 Å². The highest BCUT2D eigenvalue weighted by atomic mass is 32.1. The van der Waals surface area contributed by atoms with Crippen molar-refractivity contribution in [2.75, 3.05) is 23.3 Å². The molecule has 0 atom stereocenters. The van der Waals surface area contributed by atoms with Crippen LogP contribution in [0.25, 0.3) is 0 Å². The molecule has 1 aliphatic rings. The van der Waals surface area contributed by atoms with Gasteiger partial charge in [-0.15, -0.1) is 11.3 Å². The van der Waals surface area contributed by atoms with Gasteiger partial charge in [-0.1, -0.05) is 0 Å². The SMILES string of the molecule is CC(=O)c1ccc(C(=O)Nc2cc(C(N)=O)ccc2N2CCCC2)s1. The van der Waals surface area contributed by atoms with Gasteiger partial charge in [-0.05, 0) is 50.1 Å². The van der Waals surface area contributed by atoms with Crippen molar-refractivity contribution in [2.24, 2.45) is 5.73 Å². The fraction of sp³-hybridized carbons (Fsp3) is 0.278. The normalized spacial score (nSPS) is 13.7. The summed E-state index contributed by atoms with van der Waals surface area (Å²) < 4.78 is 0. The van der Waals surface area contributed by atoms with E-state index in [1.54, 1.807) is 24.3 Å². The number of carbonyl (C=O) groups excluding carboxylic acids is 3. The molecule has 3 N–H and O–H groups in total. The Kier molecular flexibility index (Phi) is 4.85. The van der Waals surface area contributed by atoms with E-state index in [1.807, 2.05) is 6.07 Å². The molecular weight excluding hydrogens is 338 g/mol. The molecule has 0 radical (unpaired) electrons. The highest BCUT2D eigenvalue weighted by Gasteiger charge is 2.19. The lowest BCUT2D eigenvalue weighted by Crippen LogP contribution is -2.22. The van der Waals surface area contributed by atoms with Crippen LogP contribution in [-0.4, -0.2) is 30.7 Å². The molecule has 1 saturated heterocycles. The monoisotopic (exact) mass is 357 g/mol.